The predicted molar refractivity (Wildman–Crippen MR) is 113 cm³/mol. The Hall–Kier alpha value is -3.16. The summed E-state index contributed by atoms with van der Waals surface area (Å²) in [6.45, 7) is 4.93. The van der Waals surface area contributed by atoms with Gasteiger partial charge in [-0.15, -0.1) is 0 Å². The van der Waals surface area contributed by atoms with E-state index in [9.17, 15) is 9.90 Å². The van der Waals surface area contributed by atoms with Gasteiger partial charge in [-0.2, -0.15) is 5.10 Å². The number of hydrogen-bond acceptors (Lipinski definition) is 5. The number of rotatable bonds is 6. The van der Waals surface area contributed by atoms with Crippen LogP contribution in [0.5, 0.6) is 5.75 Å². The Morgan fingerprint density at radius 1 is 1.28 bits per heavy atom. The minimum Gasteiger partial charge on any atom is -0.496 e. The maximum Gasteiger partial charge on any atom is 0.348 e. The fraction of sp³-hybridized carbons (Fsp3) is 0.273. The molecule has 29 heavy (non-hydrogen) atoms. The number of methoxy groups -OCH3 is 1. The van der Waals surface area contributed by atoms with Gasteiger partial charge < -0.3 is 15.2 Å². The number of aliphatic hydroxyl groups is 1. The molecule has 0 saturated heterocycles. The van der Waals surface area contributed by atoms with Crippen molar-refractivity contribution in [3.63, 3.8) is 0 Å². The first-order valence-electron chi connectivity index (χ1n) is 9.54. The number of hydrogen-bond donors (Lipinski definition) is 3. The normalized spacial score (nSPS) is 12.6. The Morgan fingerprint density at radius 2 is 2.10 bits per heavy atom. The minimum atomic E-state index is -0.391. The number of nitrogens with one attached hydrogen (secondary N) is 2. The third-order valence-corrected chi connectivity index (χ3v) is 5.03. The Kier molecular flexibility index (Phi) is 5.08. The van der Waals surface area contributed by atoms with Crippen molar-refractivity contribution in [3.8, 4) is 16.9 Å². The fourth-order valence-electron chi connectivity index (χ4n) is 3.65. The first-order valence-corrected chi connectivity index (χ1v) is 9.54. The summed E-state index contributed by atoms with van der Waals surface area (Å²) in [7, 11) is 1.65. The van der Waals surface area contributed by atoms with E-state index in [1.807, 2.05) is 43.3 Å². The summed E-state index contributed by atoms with van der Waals surface area (Å²) in [6.07, 6.45) is -0.391. The molecule has 0 saturated carbocycles. The lowest BCUT2D eigenvalue weighted by Gasteiger charge is -2.14. The number of fused-ring (bicyclic) bond motifs is 3. The SMILES string of the molecule is COc1cc2c(C)cc3n[nH]c(=O)n3c2cc1-c1cccc(CNCC(C)O)c1. The molecule has 0 radical (unpaired) electrons. The molecular weight excluding hydrogens is 368 g/mol. The van der Waals surface area contributed by atoms with E-state index < -0.39 is 6.10 Å². The molecule has 4 rings (SSSR count). The summed E-state index contributed by atoms with van der Waals surface area (Å²) < 4.78 is 7.26. The molecule has 0 bridgehead atoms. The number of H-pyrrole nitrogens is 1. The monoisotopic (exact) mass is 392 g/mol. The average molecular weight is 392 g/mol. The molecule has 0 aliphatic rings. The standard InChI is InChI=1S/C22H24N4O3/c1-13-7-21-24-25-22(28)26(21)19-9-18(20(29-3)10-17(13)19)16-6-4-5-15(8-16)12-23-11-14(2)27/h4-10,14,23,27H,11-12H2,1-3H3,(H,25,28). The maximum atomic E-state index is 12.3. The zero-order valence-electron chi connectivity index (χ0n) is 16.7. The lowest BCUT2D eigenvalue weighted by Crippen LogP contribution is -2.23. The third kappa shape index (κ3) is 3.62. The number of aromatic amines is 1. The average Bonchev–Trinajstić information content (AvgIpc) is 3.07. The lowest BCUT2D eigenvalue weighted by atomic mass is 9.99. The zero-order valence-corrected chi connectivity index (χ0v) is 16.7. The van der Waals surface area contributed by atoms with Gasteiger partial charge >= 0.3 is 5.69 Å². The number of ether oxygens (including phenoxy) is 1. The van der Waals surface area contributed by atoms with Crippen molar-refractivity contribution in [2.24, 2.45) is 0 Å². The molecule has 2 heterocycles. The highest BCUT2D eigenvalue weighted by Crippen LogP contribution is 2.35. The van der Waals surface area contributed by atoms with Crippen molar-refractivity contribution in [2.75, 3.05) is 13.7 Å². The van der Waals surface area contributed by atoms with E-state index in [4.69, 9.17) is 4.74 Å². The van der Waals surface area contributed by atoms with Gasteiger partial charge in [0.1, 0.15) is 5.75 Å². The predicted octanol–water partition coefficient (Wildman–Crippen LogP) is 2.63. The molecule has 7 heteroatoms. The molecule has 3 N–H and O–H groups in total. The molecule has 0 aliphatic carbocycles. The Bertz CT molecular complexity index is 1240. The highest BCUT2D eigenvalue weighted by Gasteiger charge is 2.14. The van der Waals surface area contributed by atoms with Gasteiger partial charge in [-0.1, -0.05) is 18.2 Å². The van der Waals surface area contributed by atoms with Crippen molar-refractivity contribution in [1.29, 1.82) is 0 Å². The summed E-state index contributed by atoms with van der Waals surface area (Å²) in [5.74, 6) is 0.741. The second kappa shape index (κ2) is 7.69. The van der Waals surface area contributed by atoms with Crippen LogP contribution in [0, 0.1) is 6.92 Å². The van der Waals surface area contributed by atoms with Crippen LogP contribution in [-0.4, -0.2) is 39.5 Å². The summed E-state index contributed by atoms with van der Waals surface area (Å²) in [5.41, 5.74) is 5.12. The number of aryl methyl sites for hydroxylation is 1. The van der Waals surface area contributed by atoms with Crippen LogP contribution in [0.25, 0.3) is 27.7 Å². The molecule has 1 unspecified atom stereocenters. The van der Waals surface area contributed by atoms with Crippen molar-refractivity contribution in [1.82, 2.24) is 19.9 Å². The van der Waals surface area contributed by atoms with E-state index in [0.717, 1.165) is 38.9 Å². The second-order valence-corrected chi connectivity index (χ2v) is 7.30. The van der Waals surface area contributed by atoms with Crippen LogP contribution < -0.4 is 15.7 Å². The van der Waals surface area contributed by atoms with Crippen molar-refractivity contribution in [3.05, 3.63) is 64.1 Å². The van der Waals surface area contributed by atoms with E-state index in [0.29, 0.717) is 18.7 Å². The van der Waals surface area contributed by atoms with Crippen LogP contribution in [-0.2, 0) is 6.54 Å². The fourth-order valence-corrected chi connectivity index (χ4v) is 3.65. The highest BCUT2D eigenvalue weighted by atomic mass is 16.5. The smallest absolute Gasteiger partial charge is 0.348 e. The van der Waals surface area contributed by atoms with Crippen LogP contribution in [0.4, 0.5) is 0 Å². The quantitative estimate of drug-likeness (QED) is 0.469. The van der Waals surface area contributed by atoms with Gasteiger partial charge in [0.15, 0.2) is 5.65 Å². The maximum absolute atomic E-state index is 12.3. The molecule has 1 atom stereocenters. The van der Waals surface area contributed by atoms with Crippen LogP contribution in [0.1, 0.15) is 18.1 Å². The molecule has 0 spiro atoms. The lowest BCUT2D eigenvalue weighted by molar-refractivity contribution is 0.191. The third-order valence-electron chi connectivity index (χ3n) is 5.03. The van der Waals surface area contributed by atoms with E-state index in [1.165, 1.54) is 0 Å². The molecule has 2 aromatic heterocycles. The van der Waals surface area contributed by atoms with Crippen molar-refractivity contribution < 1.29 is 9.84 Å². The zero-order chi connectivity index (χ0) is 20.5. The van der Waals surface area contributed by atoms with E-state index in [1.54, 1.807) is 18.4 Å². The number of benzene rings is 2. The Balaban J connectivity index is 1.86. The minimum absolute atomic E-state index is 0.266. The Morgan fingerprint density at radius 3 is 2.86 bits per heavy atom. The molecule has 150 valence electrons. The van der Waals surface area contributed by atoms with Crippen LogP contribution in [0.15, 0.2) is 47.3 Å². The molecule has 0 amide bonds. The van der Waals surface area contributed by atoms with E-state index in [2.05, 4.69) is 21.6 Å². The summed E-state index contributed by atoms with van der Waals surface area (Å²) >= 11 is 0. The van der Waals surface area contributed by atoms with Gasteiger partial charge in [-0.3, -0.25) is 0 Å². The largest absolute Gasteiger partial charge is 0.496 e. The number of aliphatic hydroxyl groups excluding tert-OH is 1. The van der Waals surface area contributed by atoms with Crippen LogP contribution in [0.2, 0.25) is 0 Å². The first-order chi connectivity index (χ1) is 14.0. The van der Waals surface area contributed by atoms with Gasteiger partial charge in [-0.25, -0.2) is 14.3 Å². The Labute approximate surface area is 168 Å². The van der Waals surface area contributed by atoms with E-state index in [-0.39, 0.29) is 5.69 Å². The highest BCUT2D eigenvalue weighted by molar-refractivity contribution is 5.92. The topological polar surface area (TPSA) is 91.7 Å². The van der Waals surface area contributed by atoms with Gasteiger partial charge in [-0.05, 0) is 54.8 Å². The number of pyridine rings is 1. The number of nitrogens with zero attached hydrogens (tertiary/aromatic N) is 2. The van der Waals surface area contributed by atoms with Gasteiger partial charge in [0.2, 0.25) is 0 Å². The first kappa shape index (κ1) is 19.2. The van der Waals surface area contributed by atoms with Crippen molar-refractivity contribution in [2.45, 2.75) is 26.5 Å². The van der Waals surface area contributed by atoms with Gasteiger partial charge in [0, 0.05) is 24.0 Å². The molecule has 0 fully saturated rings. The molecular formula is C22H24N4O3. The molecule has 0 aliphatic heterocycles. The van der Waals surface area contributed by atoms with Gasteiger partial charge in [0.05, 0.1) is 18.7 Å². The van der Waals surface area contributed by atoms with Crippen molar-refractivity contribution >= 4 is 16.6 Å². The second-order valence-electron chi connectivity index (χ2n) is 7.30. The molecule has 2 aromatic carbocycles. The van der Waals surface area contributed by atoms with Gasteiger partial charge in [0.25, 0.3) is 0 Å². The van der Waals surface area contributed by atoms with Crippen LogP contribution >= 0.6 is 0 Å². The summed E-state index contributed by atoms with van der Waals surface area (Å²) in [4.78, 5) is 12.3. The molecule has 7 nitrogen and oxygen atoms in total. The molecule has 4 aromatic rings. The summed E-state index contributed by atoms with van der Waals surface area (Å²) in [5, 5.41) is 20.2. The summed E-state index contributed by atoms with van der Waals surface area (Å²) in [6, 6.07) is 14.0. The van der Waals surface area contributed by atoms with E-state index >= 15 is 0 Å². The number of aromatic nitrogens is 3. The van der Waals surface area contributed by atoms with Crippen LogP contribution in [0.3, 0.4) is 0 Å².